The largest absolute Gasteiger partial charge is 0.497 e. The standard InChI is InChI=1S/C19H20N2O3S/c1-13-11-14(24-2)7-8-19(13)25(22,23)21-10-9-16-15-5-3-4-6-17(15)20-18(16)12-21/h3-8,11,20H,9-10,12H2,1-2H3. The number of sulfonamides is 1. The minimum atomic E-state index is -3.54. The van der Waals surface area contributed by atoms with E-state index in [-0.39, 0.29) is 0 Å². The van der Waals surface area contributed by atoms with Crippen LogP contribution in [0.15, 0.2) is 47.4 Å². The SMILES string of the molecule is COc1ccc(S(=O)(=O)N2CCc3c([nH]c4ccccc34)C2)c(C)c1. The van der Waals surface area contributed by atoms with E-state index in [4.69, 9.17) is 4.74 Å². The third kappa shape index (κ3) is 2.62. The van der Waals surface area contributed by atoms with Crippen LogP contribution in [0.4, 0.5) is 0 Å². The second-order valence-electron chi connectivity index (χ2n) is 6.35. The van der Waals surface area contributed by atoms with E-state index in [0.717, 1.165) is 11.2 Å². The number of fused-ring (bicyclic) bond motifs is 3. The van der Waals surface area contributed by atoms with Crippen LogP contribution in [-0.2, 0) is 23.0 Å². The van der Waals surface area contributed by atoms with Gasteiger partial charge in [-0.2, -0.15) is 4.31 Å². The Morgan fingerprint density at radius 3 is 2.72 bits per heavy atom. The lowest BCUT2D eigenvalue weighted by Crippen LogP contribution is -2.36. The van der Waals surface area contributed by atoms with Crippen molar-refractivity contribution in [2.24, 2.45) is 0 Å². The molecule has 1 aromatic heterocycles. The Morgan fingerprint density at radius 1 is 1.16 bits per heavy atom. The van der Waals surface area contributed by atoms with E-state index < -0.39 is 10.0 Å². The van der Waals surface area contributed by atoms with Gasteiger partial charge in [-0.15, -0.1) is 0 Å². The fraction of sp³-hybridized carbons (Fsp3) is 0.263. The van der Waals surface area contributed by atoms with Gasteiger partial charge in [-0.05, 0) is 48.7 Å². The Hall–Kier alpha value is -2.31. The normalized spacial score (nSPS) is 15.3. The van der Waals surface area contributed by atoms with Gasteiger partial charge in [0.25, 0.3) is 0 Å². The molecule has 6 heteroatoms. The molecule has 4 rings (SSSR count). The molecule has 2 aromatic carbocycles. The summed E-state index contributed by atoms with van der Waals surface area (Å²) < 4.78 is 32.9. The molecule has 0 fully saturated rings. The summed E-state index contributed by atoms with van der Waals surface area (Å²) in [6.45, 7) is 2.66. The highest BCUT2D eigenvalue weighted by Crippen LogP contribution is 2.31. The lowest BCUT2D eigenvalue weighted by atomic mass is 10.1. The number of H-pyrrole nitrogens is 1. The zero-order valence-corrected chi connectivity index (χ0v) is 15.1. The van der Waals surface area contributed by atoms with Gasteiger partial charge in [0.2, 0.25) is 10.0 Å². The molecule has 0 unspecified atom stereocenters. The molecular weight excluding hydrogens is 336 g/mol. The Labute approximate surface area is 147 Å². The van der Waals surface area contributed by atoms with Crippen molar-refractivity contribution in [3.63, 3.8) is 0 Å². The number of rotatable bonds is 3. The Morgan fingerprint density at radius 2 is 1.96 bits per heavy atom. The molecule has 2 heterocycles. The van der Waals surface area contributed by atoms with Crippen molar-refractivity contribution in [1.82, 2.24) is 9.29 Å². The number of nitrogens with zero attached hydrogens (tertiary/aromatic N) is 1. The molecule has 0 saturated carbocycles. The average Bonchev–Trinajstić information content (AvgIpc) is 2.99. The van der Waals surface area contributed by atoms with E-state index in [1.165, 1.54) is 10.9 Å². The molecule has 1 N–H and O–H groups in total. The van der Waals surface area contributed by atoms with Crippen LogP contribution >= 0.6 is 0 Å². The maximum atomic E-state index is 13.1. The van der Waals surface area contributed by atoms with Crippen LogP contribution in [0, 0.1) is 6.92 Å². The van der Waals surface area contributed by atoms with Crippen molar-refractivity contribution in [2.45, 2.75) is 24.8 Å². The van der Waals surface area contributed by atoms with E-state index >= 15 is 0 Å². The van der Waals surface area contributed by atoms with E-state index in [9.17, 15) is 8.42 Å². The number of nitrogens with one attached hydrogen (secondary N) is 1. The summed E-state index contributed by atoms with van der Waals surface area (Å²) >= 11 is 0. The van der Waals surface area contributed by atoms with Crippen LogP contribution in [0.5, 0.6) is 5.75 Å². The van der Waals surface area contributed by atoms with E-state index in [0.29, 0.717) is 35.7 Å². The lowest BCUT2D eigenvalue weighted by Gasteiger charge is -2.27. The molecule has 130 valence electrons. The van der Waals surface area contributed by atoms with Crippen LogP contribution in [-0.4, -0.2) is 31.4 Å². The highest BCUT2D eigenvalue weighted by molar-refractivity contribution is 7.89. The fourth-order valence-corrected chi connectivity index (χ4v) is 5.17. The third-order valence-corrected chi connectivity index (χ3v) is 6.85. The highest BCUT2D eigenvalue weighted by Gasteiger charge is 2.31. The number of para-hydroxylation sites is 1. The Kier molecular flexibility index (Phi) is 3.81. The van der Waals surface area contributed by atoms with Gasteiger partial charge in [0.15, 0.2) is 0 Å². The quantitative estimate of drug-likeness (QED) is 0.784. The number of hydrogen-bond donors (Lipinski definition) is 1. The molecule has 3 aromatic rings. The van der Waals surface area contributed by atoms with Crippen LogP contribution in [0.2, 0.25) is 0 Å². The van der Waals surface area contributed by atoms with E-state index in [2.05, 4.69) is 11.1 Å². The van der Waals surface area contributed by atoms with Crippen molar-refractivity contribution in [3.05, 3.63) is 59.3 Å². The van der Waals surface area contributed by atoms with Crippen molar-refractivity contribution in [2.75, 3.05) is 13.7 Å². The first kappa shape index (κ1) is 16.2. The molecule has 0 radical (unpaired) electrons. The summed E-state index contributed by atoms with van der Waals surface area (Å²) in [5, 5.41) is 1.19. The molecule has 0 spiro atoms. The van der Waals surface area contributed by atoms with Crippen LogP contribution in [0.3, 0.4) is 0 Å². The summed E-state index contributed by atoms with van der Waals surface area (Å²) in [6.07, 6.45) is 0.716. The molecule has 0 bridgehead atoms. The maximum Gasteiger partial charge on any atom is 0.243 e. The summed E-state index contributed by atoms with van der Waals surface area (Å²) in [7, 11) is -1.97. The van der Waals surface area contributed by atoms with Crippen LogP contribution in [0.1, 0.15) is 16.8 Å². The predicted molar refractivity (Wildman–Crippen MR) is 97.3 cm³/mol. The van der Waals surface area contributed by atoms with Gasteiger partial charge in [0, 0.05) is 23.1 Å². The third-order valence-electron chi connectivity index (χ3n) is 4.85. The van der Waals surface area contributed by atoms with Gasteiger partial charge in [0.1, 0.15) is 5.75 Å². The molecule has 0 saturated heterocycles. The Bertz CT molecular complexity index is 1050. The van der Waals surface area contributed by atoms with E-state index in [1.807, 2.05) is 18.2 Å². The van der Waals surface area contributed by atoms with Crippen molar-refractivity contribution in [1.29, 1.82) is 0 Å². The lowest BCUT2D eigenvalue weighted by molar-refractivity contribution is 0.387. The number of aryl methyl sites for hydroxylation is 1. The van der Waals surface area contributed by atoms with Crippen LogP contribution in [0.25, 0.3) is 10.9 Å². The first-order valence-electron chi connectivity index (χ1n) is 8.24. The number of aromatic nitrogens is 1. The second kappa shape index (κ2) is 5.89. The van der Waals surface area contributed by atoms with Crippen molar-refractivity contribution < 1.29 is 13.2 Å². The fourth-order valence-electron chi connectivity index (χ4n) is 3.55. The van der Waals surface area contributed by atoms with E-state index in [1.54, 1.807) is 36.5 Å². The molecule has 0 amide bonds. The summed E-state index contributed by atoms with van der Waals surface area (Å²) in [5.74, 6) is 0.660. The number of hydrogen-bond acceptors (Lipinski definition) is 3. The maximum absolute atomic E-state index is 13.1. The molecule has 0 atom stereocenters. The molecule has 1 aliphatic rings. The van der Waals surface area contributed by atoms with Gasteiger partial charge in [-0.3, -0.25) is 0 Å². The first-order valence-corrected chi connectivity index (χ1v) is 9.68. The van der Waals surface area contributed by atoms with Gasteiger partial charge in [-0.25, -0.2) is 8.42 Å². The summed E-state index contributed by atoms with van der Waals surface area (Å²) in [5.41, 5.74) is 3.98. The van der Waals surface area contributed by atoms with Gasteiger partial charge in [-0.1, -0.05) is 18.2 Å². The summed E-state index contributed by atoms with van der Waals surface area (Å²) in [4.78, 5) is 3.72. The monoisotopic (exact) mass is 356 g/mol. The van der Waals surface area contributed by atoms with Gasteiger partial charge >= 0.3 is 0 Å². The van der Waals surface area contributed by atoms with Gasteiger partial charge < -0.3 is 9.72 Å². The predicted octanol–water partition coefficient (Wildman–Crippen LogP) is 3.23. The molecular formula is C19H20N2O3S. The topological polar surface area (TPSA) is 62.4 Å². The minimum absolute atomic E-state index is 0.341. The van der Waals surface area contributed by atoms with Crippen molar-refractivity contribution in [3.8, 4) is 5.75 Å². The zero-order chi connectivity index (χ0) is 17.6. The van der Waals surface area contributed by atoms with Crippen molar-refractivity contribution >= 4 is 20.9 Å². The molecule has 25 heavy (non-hydrogen) atoms. The van der Waals surface area contributed by atoms with Crippen LogP contribution < -0.4 is 4.74 Å². The number of benzene rings is 2. The average molecular weight is 356 g/mol. The Balaban J connectivity index is 1.71. The molecule has 5 nitrogen and oxygen atoms in total. The summed E-state index contributed by atoms with van der Waals surface area (Å²) in [6, 6.07) is 13.2. The minimum Gasteiger partial charge on any atom is -0.497 e. The molecule has 0 aliphatic carbocycles. The van der Waals surface area contributed by atoms with Gasteiger partial charge in [0.05, 0.1) is 18.6 Å². The number of methoxy groups -OCH3 is 1. The highest BCUT2D eigenvalue weighted by atomic mass is 32.2. The number of aromatic amines is 1. The number of ether oxygens (including phenoxy) is 1. The molecule has 1 aliphatic heterocycles. The zero-order valence-electron chi connectivity index (χ0n) is 14.2. The first-order chi connectivity index (χ1) is 12.0. The smallest absolute Gasteiger partial charge is 0.243 e. The second-order valence-corrected chi connectivity index (χ2v) is 8.25.